The number of nitrogens with one attached hydrogen (secondary N) is 1. The van der Waals surface area contributed by atoms with Crippen molar-refractivity contribution in [2.45, 2.75) is 19.0 Å². The van der Waals surface area contributed by atoms with Gasteiger partial charge < -0.3 is 10.1 Å². The molecule has 1 fully saturated rings. The average molecular weight is 384 g/mol. The van der Waals surface area contributed by atoms with Crippen LogP contribution in [-0.4, -0.2) is 34.9 Å². The average Bonchev–Trinajstić information content (AvgIpc) is 3.10. The Morgan fingerprint density at radius 3 is 2.95 bits per heavy atom. The molecule has 0 radical (unpaired) electrons. The number of thiophene rings is 1. The molecular formula is C14H14BrN3O3S. The molecule has 22 heavy (non-hydrogen) atoms. The molecule has 3 rings (SSSR count). The third-order valence-corrected chi connectivity index (χ3v) is 5.06. The fraction of sp³-hybridized carbons (Fsp3) is 0.357. The van der Waals surface area contributed by atoms with Crippen LogP contribution in [0.3, 0.4) is 0 Å². The number of rotatable bonds is 3. The number of nitrogens with zero attached hydrogens (tertiary/aromatic N) is 2. The number of carbonyl (C=O) groups excluding carboxylic acids is 1. The first-order valence-corrected chi connectivity index (χ1v) is 8.36. The third kappa shape index (κ3) is 3.13. The van der Waals surface area contributed by atoms with E-state index in [1.54, 1.807) is 12.1 Å². The fourth-order valence-corrected chi connectivity index (χ4v) is 3.65. The lowest BCUT2D eigenvalue weighted by molar-refractivity contribution is 0.0929. The molecule has 116 valence electrons. The van der Waals surface area contributed by atoms with Gasteiger partial charge in [-0.2, -0.15) is 5.10 Å². The topological polar surface area (TPSA) is 73.2 Å². The number of amides is 1. The number of ether oxygens (including phenoxy) is 1. The van der Waals surface area contributed by atoms with Crippen LogP contribution < -0.4 is 10.9 Å². The van der Waals surface area contributed by atoms with Crippen LogP contribution in [0.4, 0.5) is 0 Å². The molecule has 1 aliphatic heterocycles. The number of halogens is 1. The molecule has 6 nitrogen and oxygen atoms in total. The Labute approximate surface area is 139 Å². The lowest BCUT2D eigenvalue weighted by Crippen LogP contribution is -2.43. The maximum absolute atomic E-state index is 12.3. The van der Waals surface area contributed by atoms with Crippen molar-refractivity contribution >= 4 is 33.2 Å². The largest absolute Gasteiger partial charge is 0.377 e. The minimum atomic E-state index is -0.292. The summed E-state index contributed by atoms with van der Waals surface area (Å²) in [6.07, 6.45) is 0. The van der Waals surface area contributed by atoms with E-state index in [1.165, 1.54) is 22.1 Å². The normalized spacial score (nSPS) is 21.0. The first-order valence-electron chi connectivity index (χ1n) is 6.75. The Bertz CT molecular complexity index is 758. The minimum Gasteiger partial charge on any atom is -0.377 e. The summed E-state index contributed by atoms with van der Waals surface area (Å²) in [5.41, 5.74) is 0.554. The Balaban J connectivity index is 1.80. The summed E-state index contributed by atoms with van der Waals surface area (Å²) in [6.45, 7) is 2.54. The first-order chi connectivity index (χ1) is 10.5. The molecular weight excluding hydrogens is 370 g/mol. The third-order valence-electron chi connectivity index (χ3n) is 3.44. The summed E-state index contributed by atoms with van der Waals surface area (Å²) < 4.78 is 7.74. The van der Waals surface area contributed by atoms with E-state index < -0.39 is 0 Å². The highest BCUT2D eigenvalue weighted by atomic mass is 79.9. The summed E-state index contributed by atoms with van der Waals surface area (Å²) >= 11 is 4.70. The molecule has 2 unspecified atom stereocenters. The van der Waals surface area contributed by atoms with Crippen molar-refractivity contribution in [2.75, 3.05) is 13.2 Å². The lowest BCUT2D eigenvalue weighted by atomic mass is 10.1. The standard InChI is InChI=1S/C14H14BrN3O3S/c1-8-2-5-13(19)18(17-8)10-7-21-6-9(10)16-14(20)11-3-4-12(15)22-11/h2-5,9-10H,6-7H2,1H3,(H,16,20). The highest BCUT2D eigenvalue weighted by molar-refractivity contribution is 9.11. The van der Waals surface area contributed by atoms with Gasteiger partial charge in [-0.25, -0.2) is 4.68 Å². The van der Waals surface area contributed by atoms with E-state index >= 15 is 0 Å². The second kappa shape index (κ2) is 6.31. The monoisotopic (exact) mass is 383 g/mol. The SMILES string of the molecule is Cc1ccc(=O)n(C2COCC2NC(=O)c2ccc(Br)s2)n1. The fourth-order valence-electron chi connectivity index (χ4n) is 2.36. The van der Waals surface area contributed by atoms with Crippen molar-refractivity contribution in [1.29, 1.82) is 0 Å². The Hall–Kier alpha value is -1.51. The van der Waals surface area contributed by atoms with E-state index in [2.05, 4.69) is 26.3 Å². The van der Waals surface area contributed by atoms with Crippen LogP contribution in [0.1, 0.15) is 21.4 Å². The lowest BCUT2D eigenvalue weighted by Gasteiger charge is -2.20. The van der Waals surface area contributed by atoms with Crippen molar-refractivity contribution < 1.29 is 9.53 Å². The zero-order valence-corrected chi connectivity index (χ0v) is 14.2. The van der Waals surface area contributed by atoms with Crippen LogP contribution in [0.25, 0.3) is 0 Å². The summed E-state index contributed by atoms with van der Waals surface area (Å²) in [6, 6.07) is 6.17. The maximum atomic E-state index is 12.3. The summed E-state index contributed by atoms with van der Waals surface area (Å²) in [4.78, 5) is 24.9. The van der Waals surface area contributed by atoms with E-state index in [9.17, 15) is 9.59 Å². The second-order valence-corrected chi connectivity index (χ2v) is 7.51. The van der Waals surface area contributed by atoms with Crippen LogP contribution in [0.2, 0.25) is 0 Å². The Kier molecular flexibility index (Phi) is 4.42. The molecule has 2 aromatic rings. The van der Waals surface area contributed by atoms with Gasteiger partial charge in [0.25, 0.3) is 11.5 Å². The number of aryl methyl sites for hydroxylation is 1. The van der Waals surface area contributed by atoms with Gasteiger partial charge in [-0.3, -0.25) is 9.59 Å². The van der Waals surface area contributed by atoms with E-state index in [0.717, 1.165) is 9.48 Å². The van der Waals surface area contributed by atoms with Crippen LogP contribution in [0.5, 0.6) is 0 Å². The Morgan fingerprint density at radius 2 is 2.23 bits per heavy atom. The number of carbonyl (C=O) groups is 1. The van der Waals surface area contributed by atoms with Crippen molar-refractivity contribution in [3.63, 3.8) is 0 Å². The van der Waals surface area contributed by atoms with Gasteiger partial charge in [-0.15, -0.1) is 11.3 Å². The second-order valence-electron chi connectivity index (χ2n) is 5.05. The zero-order chi connectivity index (χ0) is 15.7. The van der Waals surface area contributed by atoms with Gasteiger partial charge in [0.1, 0.15) is 6.04 Å². The van der Waals surface area contributed by atoms with Crippen molar-refractivity contribution in [3.8, 4) is 0 Å². The van der Waals surface area contributed by atoms with Gasteiger partial charge in [0, 0.05) is 6.07 Å². The molecule has 0 saturated carbocycles. The molecule has 2 atom stereocenters. The van der Waals surface area contributed by atoms with Gasteiger partial charge in [0.15, 0.2) is 0 Å². The molecule has 2 aromatic heterocycles. The van der Waals surface area contributed by atoms with Crippen LogP contribution in [-0.2, 0) is 4.74 Å². The van der Waals surface area contributed by atoms with Gasteiger partial charge in [0.05, 0.1) is 33.6 Å². The molecule has 1 amide bonds. The van der Waals surface area contributed by atoms with Crippen LogP contribution in [0, 0.1) is 6.92 Å². The van der Waals surface area contributed by atoms with Crippen LogP contribution >= 0.6 is 27.3 Å². The predicted molar refractivity (Wildman–Crippen MR) is 86.4 cm³/mol. The quantitative estimate of drug-likeness (QED) is 0.875. The van der Waals surface area contributed by atoms with Gasteiger partial charge in [-0.05, 0) is 41.1 Å². The van der Waals surface area contributed by atoms with Gasteiger partial charge in [0.2, 0.25) is 0 Å². The first kappa shape index (κ1) is 15.4. The molecule has 1 N–H and O–H groups in total. The molecule has 3 heterocycles. The highest BCUT2D eigenvalue weighted by Crippen LogP contribution is 2.23. The maximum Gasteiger partial charge on any atom is 0.267 e. The van der Waals surface area contributed by atoms with E-state index in [-0.39, 0.29) is 23.6 Å². The van der Waals surface area contributed by atoms with E-state index in [4.69, 9.17) is 4.74 Å². The predicted octanol–water partition coefficient (Wildman–Crippen LogP) is 1.75. The van der Waals surface area contributed by atoms with Crippen molar-refractivity contribution in [3.05, 3.63) is 49.0 Å². The smallest absolute Gasteiger partial charge is 0.267 e. The highest BCUT2D eigenvalue weighted by Gasteiger charge is 2.33. The van der Waals surface area contributed by atoms with Crippen molar-refractivity contribution in [2.24, 2.45) is 0 Å². The molecule has 1 aliphatic rings. The molecule has 8 heteroatoms. The summed E-state index contributed by atoms with van der Waals surface area (Å²) in [5, 5.41) is 7.19. The molecule has 0 spiro atoms. The molecule has 0 bridgehead atoms. The summed E-state index contributed by atoms with van der Waals surface area (Å²) in [5.74, 6) is -0.170. The zero-order valence-electron chi connectivity index (χ0n) is 11.8. The molecule has 1 saturated heterocycles. The van der Waals surface area contributed by atoms with Gasteiger partial charge in [-0.1, -0.05) is 0 Å². The van der Waals surface area contributed by atoms with Crippen LogP contribution in [0.15, 0.2) is 32.8 Å². The summed E-state index contributed by atoms with van der Waals surface area (Å²) in [7, 11) is 0. The number of hydrogen-bond acceptors (Lipinski definition) is 5. The number of hydrogen-bond donors (Lipinski definition) is 1. The van der Waals surface area contributed by atoms with Gasteiger partial charge >= 0.3 is 0 Å². The molecule has 0 aliphatic carbocycles. The minimum absolute atomic E-state index is 0.170. The Morgan fingerprint density at radius 1 is 1.41 bits per heavy atom. The molecule has 0 aromatic carbocycles. The van der Waals surface area contributed by atoms with Crippen molar-refractivity contribution in [1.82, 2.24) is 15.1 Å². The number of aromatic nitrogens is 2. The van der Waals surface area contributed by atoms with E-state index in [0.29, 0.717) is 18.1 Å². The van der Waals surface area contributed by atoms with E-state index in [1.807, 2.05) is 13.0 Å².